The van der Waals surface area contributed by atoms with Gasteiger partial charge in [0.2, 0.25) is 11.8 Å². The monoisotopic (exact) mass is 727 g/mol. The number of carbonyl (C=O) groups excluding carboxylic acids is 2. The summed E-state index contributed by atoms with van der Waals surface area (Å²) in [5.74, 6) is -4.21. The van der Waals surface area contributed by atoms with Crippen LogP contribution in [0.3, 0.4) is 0 Å². The Labute approximate surface area is 296 Å². The molecule has 2 heterocycles. The maximum atomic E-state index is 14.1. The molecule has 2 saturated heterocycles. The Balaban J connectivity index is 1.36. The zero-order chi connectivity index (χ0) is 37.7. The van der Waals surface area contributed by atoms with Crippen LogP contribution < -0.4 is 9.64 Å². The highest BCUT2D eigenvalue weighted by Gasteiger charge is 2.58. The van der Waals surface area contributed by atoms with E-state index in [1.54, 1.807) is 44.2 Å². The van der Waals surface area contributed by atoms with Gasteiger partial charge in [-0.05, 0) is 123 Å². The summed E-state index contributed by atoms with van der Waals surface area (Å²) in [5.41, 5.74) is 0.394. The summed E-state index contributed by atoms with van der Waals surface area (Å²) in [5, 5.41) is 21.1. The van der Waals surface area contributed by atoms with Gasteiger partial charge in [0.25, 0.3) is 0 Å². The molecule has 3 aliphatic rings. The van der Waals surface area contributed by atoms with Crippen molar-refractivity contribution in [3.05, 3.63) is 105 Å². The number of aromatic hydroxyl groups is 1. The minimum Gasteiger partial charge on any atom is -0.507 e. The van der Waals surface area contributed by atoms with Crippen LogP contribution in [0.25, 0.3) is 6.08 Å². The number of phenols is 1. The summed E-state index contributed by atoms with van der Waals surface area (Å²) in [6.07, 6.45) is -8.48. The number of hydrogen-bond donors (Lipinski definition) is 2. The predicted molar refractivity (Wildman–Crippen MR) is 181 cm³/mol. The van der Waals surface area contributed by atoms with Crippen LogP contribution in [0.15, 0.2) is 77.4 Å². The Kier molecular flexibility index (Phi) is 10.1. The predicted octanol–water partition coefficient (Wildman–Crippen LogP) is 8.31. The number of para-hydroxylation sites is 1. The number of rotatable bonds is 8. The molecule has 0 aromatic heterocycles. The van der Waals surface area contributed by atoms with E-state index in [9.17, 15) is 46.1 Å². The maximum Gasteiger partial charge on any atom is 0.455 e. The SMILES string of the molecule is C/C(=C\c1cc(C)c(O)c(C)c1)CC[C@H]1OB(O)C[C@H]2C1=C(COc1ccccc1)C[C@H]1C(=O)N(c3cc(C(F)(F)F)cc(C(F)(F)F)c3)C(=O)[C@H]12. The van der Waals surface area contributed by atoms with E-state index in [2.05, 4.69) is 0 Å². The number of imide groups is 1. The topological polar surface area (TPSA) is 96.3 Å². The Hall–Kier alpha value is -4.56. The van der Waals surface area contributed by atoms with Crippen LogP contribution in [0.5, 0.6) is 11.5 Å². The molecule has 14 heteroatoms. The van der Waals surface area contributed by atoms with Crippen molar-refractivity contribution in [1.29, 1.82) is 0 Å². The molecular weight excluding hydrogens is 691 g/mol. The smallest absolute Gasteiger partial charge is 0.455 e. The highest BCUT2D eigenvalue weighted by Crippen LogP contribution is 2.52. The van der Waals surface area contributed by atoms with Gasteiger partial charge in [-0.25, -0.2) is 4.90 Å². The molecule has 4 atom stereocenters. The normalized spacial score (nSPS) is 22.5. The standard InChI is InChI=1S/C38H36BF6NO6/c1-20(11-23-12-21(2)34(47)22(3)13-23)9-10-31-32-24(19-51-28-7-5-4-6-8-28)14-29-33(30(32)18-39(50)52-31)36(49)46(35(29)48)27-16-25(37(40,41)42)15-26(17-27)38(43,44)45/h4-8,11-13,15-17,29-31,33,47,50H,9-10,14,18-19H2,1-3H3/b20-11+/t29-,30+,31-,33-/m1/s1. The number of benzene rings is 3. The average Bonchev–Trinajstić information content (AvgIpc) is 3.33. The number of alkyl halides is 6. The number of allylic oxidation sites excluding steroid dienone is 1. The number of aryl methyl sites for hydroxylation is 2. The maximum absolute atomic E-state index is 14.1. The number of ether oxygens (including phenoxy) is 1. The van der Waals surface area contributed by atoms with Gasteiger partial charge < -0.3 is 19.5 Å². The van der Waals surface area contributed by atoms with E-state index >= 15 is 0 Å². The number of hydrogen-bond acceptors (Lipinski definition) is 6. The molecule has 3 aromatic rings. The summed E-state index contributed by atoms with van der Waals surface area (Å²) in [7, 11) is -1.36. The molecule has 0 saturated carbocycles. The highest BCUT2D eigenvalue weighted by molar-refractivity contribution is 6.43. The number of nitrogens with zero attached hydrogens (tertiary/aromatic N) is 1. The fourth-order valence-corrected chi connectivity index (χ4v) is 7.69. The molecule has 6 rings (SSSR count). The van der Waals surface area contributed by atoms with Crippen LogP contribution in [0.4, 0.5) is 32.0 Å². The van der Waals surface area contributed by atoms with Gasteiger partial charge in [0.05, 0.1) is 34.8 Å². The van der Waals surface area contributed by atoms with Crippen LogP contribution in [0.2, 0.25) is 6.32 Å². The lowest BCUT2D eigenvalue weighted by molar-refractivity contribution is -0.143. The number of carbonyl (C=O) groups is 2. The average molecular weight is 728 g/mol. The second kappa shape index (κ2) is 14.1. The van der Waals surface area contributed by atoms with Crippen LogP contribution in [-0.4, -0.2) is 41.8 Å². The van der Waals surface area contributed by atoms with Gasteiger partial charge in [0.1, 0.15) is 18.1 Å². The first-order valence-corrected chi connectivity index (χ1v) is 16.8. The lowest BCUT2D eigenvalue weighted by Crippen LogP contribution is -2.46. The molecule has 274 valence electrons. The van der Waals surface area contributed by atoms with Gasteiger partial charge in [0, 0.05) is 0 Å². The third-order valence-corrected chi connectivity index (χ3v) is 10.0. The summed E-state index contributed by atoms with van der Waals surface area (Å²) in [6, 6.07) is 13.2. The third-order valence-electron chi connectivity index (χ3n) is 10.0. The van der Waals surface area contributed by atoms with Crippen molar-refractivity contribution in [1.82, 2.24) is 0 Å². The summed E-state index contributed by atoms with van der Waals surface area (Å²) >= 11 is 0. The number of fused-ring (bicyclic) bond motifs is 3. The number of halogens is 6. The van der Waals surface area contributed by atoms with Gasteiger partial charge in [-0.1, -0.05) is 29.8 Å². The van der Waals surface area contributed by atoms with Crippen LogP contribution in [0.1, 0.15) is 54.0 Å². The Bertz CT molecular complexity index is 1890. The minimum atomic E-state index is -5.18. The van der Waals surface area contributed by atoms with E-state index in [0.29, 0.717) is 46.8 Å². The van der Waals surface area contributed by atoms with E-state index in [0.717, 1.165) is 22.3 Å². The lowest BCUT2D eigenvalue weighted by atomic mass is 9.58. The highest BCUT2D eigenvalue weighted by atomic mass is 19.4. The van der Waals surface area contributed by atoms with E-state index in [-0.39, 0.29) is 31.2 Å². The molecule has 52 heavy (non-hydrogen) atoms. The Morgan fingerprint density at radius 3 is 2.15 bits per heavy atom. The summed E-state index contributed by atoms with van der Waals surface area (Å²) in [4.78, 5) is 28.5. The number of amides is 2. The van der Waals surface area contributed by atoms with Crippen molar-refractivity contribution in [2.45, 2.75) is 64.8 Å². The molecule has 1 aliphatic carbocycles. The quantitative estimate of drug-likeness (QED) is 0.105. The van der Waals surface area contributed by atoms with E-state index < -0.39 is 72.0 Å². The first-order chi connectivity index (χ1) is 24.4. The second-order valence-corrected chi connectivity index (χ2v) is 13.7. The molecule has 0 spiro atoms. The fourth-order valence-electron chi connectivity index (χ4n) is 7.69. The zero-order valence-electron chi connectivity index (χ0n) is 28.5. The van der Waals surface area contributed by atoms with Gasteiger partial charge in [-0.3, -0.25) is 9.59 Å². The van der Waals surface area contributed by atoms with Gasteiger partial charge in [-0.2, -0.15) is 26.3 Å². The molecule has 2 fully saturated rings. The molecule has 0 radical (unpaired) electrons. The van der Waals surface area contributed by atoms with Gasteiger partial charge in [-0.15, -0.1) is 0 Å². The largest absolute Gasteiger partial charge is 0.507 e. The van der Waals surface area contributed by atoms with E-state index in [4.69, 9.17) is 9.39 Å². The third kappa shape index (κ3) is 7.49. The van der Waals surface area contributed by atoms with Crippen molar-refractivity contribution < 1.29 is 55.5 Å². The zero-order valence-corrected chi connectivity index (χ0v) is 28.5. The Morgan fingerprint density at radius 1 is 0.942 bits per heavy atom. The lowest BCUT2D eigenvalue weighted by Gasteiger charge is -2.43. The van der Waals surface area contributed by atoms with Crippen molar-refractivity contribution in [3.63, 3.8) is 0 Å². The van der Waals surface area contributed by atoms with Crippen molar-refractivity contribution in [3.8, 4) is 11.5 Å². The van der Waals surface area contributed by atoms with Crippen LogP contribution in [0, 0.1) is 31.6 Å². The first kappa shape index (κ1) is 37.2. The first-order valence-electron chi connectivity index (χ1n) is 16.8. The van der Waals surface area contributed by atoms with Crippen LogP contribution >= 0.6 is 0 Å². The molecule has 2 amide bonds. The van der Waals surface area contributed by atoms with Gasteiger partial charge >= 0.3 is 19.5 Å². The van der Waals surface area contributed by atoms with E-state index in [1.165, 1.54) is 0 Å². The number of anilines is 1. The van der Waals surface area contributed by atoms with Crippen molar-refractivity contribution >= 4 is 30.7 Å². The van der Waals surface area contributed by atoms with Crippen LogP contribution in [-0.2, 0) is 26.6 Å². The summed E-state index contributed by atoms with van der Waals surface area (Å²) in [6.45, 7) is 5.48. The molecular formula is C38H36BF6NO6. The molecule has 3 aromatic carbocycles. The number of phenolic OH excluding ortho intramolecular Hbond substituents is 1. The van der Waals surface area contributed by atoms with E-state index in [1.807, 2.05) is 25.1 Å². The molecule has 7 nitrogen and oxygen atoms in total. The van der Waals surface area contributed by atoms with Crippen molar-refractivity contribution in [2.75, 3.05) is 11.5 Å². The molecule has 0 bridgehead atoms. The van der Waals surface area contributed by atoms with Gasteiger partial charge in [0.15, 0.2) is 0 Å². The fraction of sp³-hybridized carbons (Fsp3) is 0.368. The van der Waals surface area contributed by atoms with Crippen molar-refractivity contribution in [2.24, 2.45) is 17.8 Å². The minimum absolute atomic E-state index is 0.0286. The Morgan fingerprint density at radius 2 is 1.56 bits per heavy atom. The molecule has 2 aliphatic heterocycles. The molecule has 2 N–H and O–H groups in total. The second-order valence-electron chi connectivity index (χ2n) is 13.7. The summed E-state index contributed by atoms with van der Waals surface area (Å²) < 4.78 is 94.7. The molecule has 0 unspecified atom stereocenters.